The van der Waals surface area contributed by atoms with Gasteiger partial charge in [0.05, 0.1) is 18.8 Å². The minimum Gasteiger partial charge on any atom is -0.507 e. The van der Waals surface area contributed by atoms with Crippen LogP contribution in [0.25, 0.3) is 0 Å². The van der Waals surface area contributed by atoms with E-state index in [0.29, 0.717) is 25.2 Å². The Morgan fingerprint density at radius 3 is 2.55 bits per heavy atom. The molecule has 0 radical (unpaired) electrons. The molecule has 0 atom stereocenters. The van der Waals surface area contributed by atoms with E-state index in [2.05, 4.69) is 4.90 Å². The molecule has 1 N–H and O–H groups in total. The molecule has 3 nitrogen and oxygen atoms in total. The predicted molar refractivity (Wildman–Crippen MR) is 68.7 cm³/mol. The second-order valence-corrected chi connectivity index (χ2v) is 4.87. The number of rotatable bonds is 4. The molecule has 0 unspecified atom stereocenters. The highest BCUT2D eigenvalue weighted by atomic mass is 19.4. The Balaban J connectivity index is 1.92. The molecule has 0 saturated carbocycles. The molecule has 0 aliphatic carbocycles. The van der Waals surface area contributed by atoms with Crippen molar-refractivity contribution in [3.05, 3.63) is 29.3 Å². The van der Waals surface area contributed by atoms with Gasteiger partial charge in [0, 0.05) is 13.1 Å². The molecule has 1 aliphatic heterocycles. The summed E-state index contributed by atoms with van der Waals surface area (Å²) in [5.41, 5.74) is -0.602. The Morgan fingerprint density at radius 1 is 1.20 bits per heavy atom. The average molecular weight is 289 g/mol. The third-order valence-corrected chi connectivity index (χ3v) is 3.45. The topological polar surface area (TPSA) is 32.7 Å². The average Bonchev–Trinajstić information content (AvgIpc) is 2.40. The Morgan fingerprint density at radius 2 is 1.90 bits per heavy atom. The molecule has 0 spiro atoms. The van der Waals surface area contributed by atoms with Gasteiger partial charge in [-0.15, -0.1) is 0 Å². The molecule has 112 valence electrons. The zero-order chi connectivity index (χ0) is 14.6. The number of benzene rings is 1. The molecular weight excluding hydrogens is 271 g/mol. The van der Waals surface area contributed by atoms with E-state index in [1.165, 1.54) is 6.07 Å². The van der Waals surface area contributed by atoms with Gasteiger partial charge in [-0.3, -0.25) is 4.90 Å². The molecule has 1 aliphatic rings. The molecule has 1 saturated heterocycles. The lowest BCUT2D eigenvalue weighted by Gasteiger charge is -2.26. The lowest BCUT2D eigenvalue weighted by Crippen LogP contribution is -2.36. The number of aryl methyl sites for hydroxylation is 1. The van der Waals surface area contributed by atoms with Crippen LogP contribution < -0.4 is 0 Å². The van der Waals surface area contributed by atoms with Crippen LogP contribution in [0, 0.1) is 0 Å². The number of aromatic hydroxyl groups is 1. The maximum Gasteiger partial charge on any atom is 0.419 e. The largest absolute Gasteiger partial charge is 0.507 e. The van der Waals surface area contributed by atoms with Crippen LogP contribution >= 0.6 is 0 Å². The minimum absolute atomic E-state index is 0.355. The number of nitrogens with zero attached hydrogens (tertiary/aromatic N) is 1. The highest BCUT2D eigenvalue weighted by Crippen LogP contribution is 2.37. The van der Waals surface area contributed by atoms with Gasteiger partial charge < -0.3 is 9.84 Å². The lowest BCUT2D eigenvalue weighted by molar-refractivity contribution is -0.138. The van der Waals surface area contributed by atoms with Gasteiger partial charge in [0.15, 0.2) is 0 Å². The summed E-state index contributed by atoms with van der Waals surface area (Å²) in [4.78, 5) is 2.22. The molecular formula is C14H18F3NO2. The molecule has 1 heterocycles. The number of alkyl halides is 3. The van der Waals surface area contributed by atoms with E-state index < -0.39 is 17.5 Å². The van der Waals surface area contributed by atoms with Crippen molar-refractivity contribution in [1.82, 2.24) is 4.90 Å². The van der Waals surface area contributed by atoms with Gasteiger partial charge >= 0.3 is 6.18 Å². The van der Waals surface area contributed by atoms with Crippen LogP contribution in [0.4, 0.5) is 13.2 Å². The van der Waals surface area contributed by atoms with Gasteiger partial charge in [0.25, 0.3) is 0 Å². The van der Waals surface area contributed by atoms with Crippen LogP contribution in [-0.4, -0.2) is 42.9 Å². The van der Waals surface area contributed by atoms with Crippen LogP contribution in [0.5, 0.6) is 5.75 Å². The smallest absolute Gasteiger partial charge is 0.419 e. The molecule has 0 amide bonds. The second-order valence-electron chi connectivity index (χ2n) is 4.87. The molecule has 0 bridgehead atoms. The normalized spacial score (nSPS) is 17.4. The van der Waals surface area contributed by atoms with E-state index in [-0.39, 0.29) is 0 Å². The summed E-state index contributed by atoms with van der Waals surface area (Å²) in [6.07, 6.45) is -3.35. The summed E-state index contributed by atoms with van der Waals surface area (Å²) < 4.78 is 43.2. The standard InChI is InChI=1S/C14H18F3NO2/c15-14(16,17)12-5-1-3-11(13(12)19)4-2-6-18-7-9-20-10-8-18/h1,3,5,19H,2,4,6-10H2. The van der Waals surface area contributed by atoms with Crippen molar-refractivity contribution < 1.29 is 23.0 Å². The Kier molecular flexibility index (Phi) is 4.88. The zero-order valence-corrected chi connectivity index (χ0v) is 11.1. The van der Waals surface area contributed by atoms with Crippen molar-refractivity contribution in [2.45, 2.75) is 19.0 Å². The molecule has 6 heteroatoms. The van der Waals surface area contributed by atoms with Crippen molar-refractivity contribution in [2.75, 3.05) is 32.8 Å². The molecule has 1 aromatic carbocycles. The highest BCUT2D eigenvalue weighted by molar-refractivity contribution is 5.42. The summed E-state index contributed by atoms with van der Waals surface area (Å²) >= 11 is 0. The summed E-state index contributed by atoms with van der Waals surface area (Å²) in [5.74, 6) is -0.637. The predicted octanol–water partition coefficient (Wildman–Crippen LogP) is 2.68. The fourth-order valence-electron chi connectivity index (χ4n) is 2.34. The van der Waals surface area contributed by atoms with Gasteiger partial charge in [0.1, 0.15) is 5.75 Å². The van der Waals surface area contributed by atoms with Gasteiger partial charge in [-0.2, -0.15) is 13.2 Å². The van der Waals surface area contributed by atoms with E-state index in [1.54, 1.807) is 6.07 Å². The summed E-state index contributed by atoms with van der Waals surface area (Å²) in [7, 11) is 0. The molecule has 0 aromatic heterocycles. The molecule has 1 aromatic rings. The van der Waals surface area contributed by atoms with Crippen molar-refractivity contribution >= 4 is 0 Å². The van der Waals surface area contributed by atoms with Crippen LogP contribution in [0.15, 0.2) is 18.2 Å². The van der Waals surface area contributed by atoms with Gasteiger partial charge in [-0.05, 0) is 31.0 Å². The minimum atomic E-state index is -4.51. The first-order chi connectivity index (χ1) is 9.48. The zero-order valence-electron chi connectivity index (χ0n) is 11.1. The number of hydrogen-bond donors (Lipinski definition) is 1. The fraction of sp³-hybridized carbons (Fsp3) is 0.571. The van der Waals surface area contributed by atoms with Crippen molar-refractivity contribution in [3.8, 4) is 5.75 Å². The first-order valence-corrected chi connectivity index (χ1v) is 6.66. The number of ether oxygens (including phenoxy) is 1. The van der Waals surface area contributed by atoms with E-state index in [4.69, 9.17) is 4.74 Å². The van der Waals surface area contributed by atoms with E-state index in [1.807, 2.05) is 0 Å². The van der Waals surface area contributed by atoms with Gasteiger partial charge in [-0.1, -0.05) is 12.1 Å². The SMILES string of the molecule is Oc1c(CCCN2CCOCC2)cccc1C(F)(F)F. The Labute approximate surface area is 116 Å². The van der Waals surface area contributed by atoms with E-state index in [0.717, 1.165) is 32.1 Å². The van der Waals surface area contributed by atoms with E-state index in [9.17, 15) is 18.3 Å². The van der Waals surface area contributed by atoms with Crippen molar-refractivity contribution in [2.24, 2.45) is 0 Å². The number of para-hydroxylation sites is 1. The van der Waals surface area contributed by atoms with E-state index >= 15 is 0 Å². The Hall–Kier alpha value is -1.27. The van der Waals surface area contributed by atoms with Crippen LogP contribution in [-0.2, 0) is 17.3 Å². The van der Waals surface area contributed by atoms with Crippen molar-refractivity contribution in [3.63, 3.8) is 0 Å². The summed E-state index contributed by atoms with van der Waals surface area (Å²) in [5, 5.41) is 9.71. The van der Waals surface area contributed by atoms with Gasteiger partial charge in [-0.25, -0.2) is 0 Å². The van der Waals surface area contributed by atoms with Crippen molar-refractivity contribution in [1.29, 1.82) is 0 Å². The Bertz CT molecular complexity index is 443. The maximum atomic E-state index is 12.7. The first kappa shape index (κ1) is 15.1. The monoisotopic (exact) mass is 289 g/mol. The third-order valence-electron chi connectivity index (χ3n) is 3.45. The first-order valence-electron chi connectivity index (χ1n) is 6.66. The number of phenolic OH excluding ortho intramolecular Hbond substituents is 1. The summed E-state index contributed by atoms with van der Waals surface area (Å²) in [6.45, 7) is 3.92. The molecule has 1 fully saturated rings. The lowest BCUT2D eigenvalue weighted by atomic mass is 10.0. The highest BCUT2D eigenvalue weighted by Gasteiger charge is 2.34. The van der Waals surface area contributed by atoms with Gasteiger partial charge in [0.2, 0.25) is 0 Å². The number of hydrogen-bond acceptors (Lipinski definition) is 3. The quantitative estimate of drug-likeness (QED) is 0.925. The maximum absolute atomic E-state index is 12.7. The van der Waals surface area contributed by atoms with Crippen LogP contribution in [0.2, 0.25) is 0 Å². The number of halogens is 3. The van der Waals surface area contributed by atoms with Crippen LogP contribution in [0.1, 0.15) is 17.5 Å². The third kappa shape index (κ3) is 3.86. The molecule has 20 heavy (non-hydrogen) atoms. The summed E-state index contributed by atoms with van der Waals surface area (Å²) in [6, 6.07) is 3.79. The number of phenols is 1. The second kappa shape index (κ2) is 6.45. The number of morpholine rings is 1. The fourth-order valence-corrected chi connectivity index (χ4v) is 2.34. The molecule has 2 rings (SSSR count). The van der Waals surface area contributed by atoms with Crippen LogP contribution in [0.3, 0.4) is 0 Å².